The lowest BCUT2D eigenvalue weighted by atomic mass is 9.82. The predicted molar refractivity (Wildman–Crippen MR) is 207 cm³/mol. The topological polar surface area (TPSA) is 84.8 Å². The van der Waals surface area contributed by atoms with Crippen molar-refractivity contribution in [2.75, 3.05) is 31.2 Å². The maximum Gasteiger partial charge on any atom is 0.137 e. The molecule has 0 amide bonds. The van der Waals surface area contributed by atoms with E-state index in [1.807, 2.05) is 59.0 Å². The van der Waals surface area contributed by atoms with E-state index in [0.717, 1.165) is 72.7 Å². The molecule has 1 aliphatic rings. The van der Waals surface area contributed by atoms with E-state index in [0.29, 0.717) is 37.2 Å². The van der Waals surface area contributed by atoms with Crippen LogP contribution < -0.4 is 14.4 Å². The van der Waals surface area contributed by atoms with Gasteiger partial charge in [0.1, 0.15) is 30.5 Å². The van der Waals surface area contributed by atoms with Gasteiger partial charge >= 0.3 is 0 Å². The van der Waals surface area contributed by atoms with Crippen LogP contribution in [0.15, 0.2) is 42.7 Å². The number of aromatic nitrogens is 2. The number of pyridine rings is 2. The number of Topliss-reactive ketones (excluding diaryl/α,β-unsaturated/α-hetero) is 1. The van der Waals surface area contributed by atoms with E-state index in [2.05, 4.69) is 51.7 Å². The number of ether oxygens (including phenoxy) is 2. The summed E-state index contributed by atoms with van der Waals surface area (Å²) in [5, 5.41) is 8.52. The summed E-state index contributed by atoms with van der Waals surface area (Å²) in [7, 11) is 0. The summed E-state index contributed by atoms with van der Waals surface area (Å²) in [6.45, 7) is 29.0. The molecule has 1 N–H and O–H groups in total. The Balaban J connectivity index is 0.00000120. The van der Waals surface area contributed by atoms with Gasteiger partial charge in [0.25, 0.3) is 0 Å². The second kappa shape index (κ2) is 21.6. The number of anilines is 1. The Kier molecular flexibility index (Phi) is 19.2. The molecule has 274 valence electrons. The molecule has 2 aromatic heterocycles. The lowest BCUT2D eigenvalue weighted by Crippen LogP contribution is -2.38. The summed E-state index contributed by atoms with van der Waals surface area (Å²) in [6, 6.07) is 10.2. The number of aryl methyl sites for hydroxylation is 3. The standard InChI is InChI=1S/C34H45N3O3.C4H10O.2C2H6/c1-7-9-27(38)21-29-25(4)35-23-30(33(29)37-16-14-34(5,6)15-17-37)31-12-11-28(22-36-31)39-18-19-40-32-13-10-24(3)20-26(32)8-2;1-4(2,3)5;2*1-2/h10-13,20,22-23H,7-9,14-19,21H2,1-6H3;5H,1-3H3;2*1-2H3. The van der Waals surface area contributed by atoms with Crippen molar-refractivity contribution in [3.05, 3.63) is 65.1 Å². The number of carbonyl (C=O) groups excluding carboxylic acids is 1. The molecule has 49 heavy (non-hydrogen) atoms. The Labute approximate surface area is 298 Å². The van der Waals surface area contributed by atoms with E-state index >= 15 is 0 Å². The lowest BCUT2D eigenvalue weighted by Gasteiger charge is -2.40. The fourth-order valence-corrected chi connectivity index (χ4v) is 5.36. The number of hydrogen-bond donors (Lipinski definition) is 1. The molecule has 1 saturated heterocycles. The summed E-state index contributed by atoms with van der Waals surface area (Å²) >= 11 is 0. The van der Waals surface area contributed by atoms with Gasteiger partial charge in [-0.3, -0.25) is 14.8 Å². The number of ketones is 1. The van der Waals surface area contributed by atoms with Crippen LogP contribution in [-0.2, 0) is 17.6 Å². The van der Waals surface area contributed by atoms with Gasteiger partial charge in [0.15, 0.2) is 0 Å². The Bertz CT molecular complexity index is 1380. The number of rotatable bonds is 12. The first-order valence-electron chi connectivity index (χ1n) is 18.5. The fraction of sp³-hybridized carbons (Fsp3) is 0.595. The second-order valence-electron chi connectivity index (χ2n) is 13.9. The Hall–Kier alpha value is -3.45. The largest absolute Gasteiger partial charge is 0.490 e. The molecular weight excluding hydrogens is 610 g/mol. The molecule has 0 saturated carbocycles. The zero-order chi connectivity index (χ0) is 37.2. The van der Waals surface area contributed by atoms with Crippen LogP contribution in [0.4, 0.5) is 5.69 Å². The molecular formula is C42H67N3O4. The average Bonchev–Trinajstić information content (AvgIpc) is 3.06. The van der Waals surface area contributed by atoms with Crippen molar-refractivity contribution in [3.63, 3.8) is 0 Å². The third kappa shape index (κ3) is 15.3. The number of piperidine rings is 1. The SMILES string of the molecule is CC.CC.CC(C)(C)O.CCCC(=O)Cc1c(C)ncc(-c2ccc(OCCOc3ccc(C)cc3CC)cn2)c1N1CCC(C)(C)CC1. The maximum absolute atomic E-state index is 12.8. The summed E-state index contributed by atoms with van der Waals surface area (Å²) < 4.78 is 11.9. The van der Waals surface area contributed by atoms with Crippen LogP contribution in [0.1, 0.15) is 124 Å². The van der Waals surface area contributed by atoms with Crippen molar-refractivity contribution in [1.82, 2.24) is 9.97 Å². The molecule has 1 fully saturated rings. The van der Waals surface area contributed by atoms with E-state index in [9.17, 15) is 4.79 Å². The smallest absolute Gasteiger partial charge is 0.137 e. The second-order valence-corrected chi connectivity index (χ2v) is 13.9. The predicted octanol–water partition coefficient (Wildman–Crippen LogP) is 10.1. The number of hydrogen-bond acceptors (Lipinski definition) is 7. The van der Waals surface area contributed by atoms with Gasteiger partial charge in [0, 0.05) is 48.9 Å². The molecule has 0 radical (unpaired) electrons. The van der Waals surface area contributed by atoms with Gasteiger partial charge in [-0.2, -0.15) is 0 Å². The van der Waals surface area contributed by atoms with Crippen LogP contribution in [0.5, 0.6) is 11.5 Å². The molecule has 3 aromatic rings. The van der Waals surface area contributed by atoms with E-state index in [1.165, 1.54) is 11.1 Å². The van der Waals surface area contributed by atoms with Crippen LogP contribution in [0.3, 0.4) is 0 Å². The minimum absolute atomic E-state index is 0.263. The number of carbonyl (C=O) groups is 1. The molecule has 3 heterocycles. The molecule has 0 aliphatic carbocycles. The van der Waals surface area contributed by atoms with Crippen LogP contribution in [-0.4, -0.2) is 52.8 Å². The molecule has 4 rings (SSSR count). The van der Waals surface area contributed by atoms with Gasteiger partial charge in [-0.05, 0) is 89.5 Å². The third-order valence-electron chi connectivity index (χ3n) is 7.92. The third-order valence-corrected chi connectivity index (χ3v) is 7.92. The Morgan fingerprint density at radius 2 is 1.53 bits per heavy atom. The highest BCUT2D eigenvalue weighted by Crippen LogP contribution is 2.39. The van der Waals surface area contributed by atoms with Crippen molar-refractivity contribution >= 4 is 11.5 Å². The van der Waals surface area contributed by atoms with Gasteiger partial charge in [0.05, 0.1) is 23.2 Å². The minimum Gasteiger partial charge on any atom is -0.490 e. The van der Waals surface area contributed by atoms with Crippen LogP contribution >= 0.6 is 0 Å². The quantitative estimate of drug-likeness (QED) is 0.191. The summed E-state index contributed by atoms with van der Waals surface area (Å²) in [5.41, 5.74) is 7.18. The molecule has 7 nitrogen and oxygen atoms in total. The molecule has 0 bridgehead atoms. The Morgan fingerprint density at radius 3 is 2.08 bits per heavy atom. The van der Waals surface area contributed by atoms with Gasteiger partial charge in [0.2, 0.25) is 0 Å². The van der Waals surface area contributed by atoms with E-state index in [-0.39, 0.29) is 5.78 Å². The monoisotopic (exact) mass is 678 g/mol. The van der Waals surface area contributed by atoms with Gasteiger partial charge in [-0.25, -0.2) is 0 Å². The van der Waals surface area contributed by atoms with Crippen LogP contribution in [0.2, 0.25) is 0 Å². The van der Waals surface area contributed by atoms with Crippen molar-refractivity contribution in [2.45, 2.75) is 134 Å². The first-order valence-corrected chi connectivity index (χ1v) is 18.5. The van der Waals surface area contributed by atoms with Crippen molar-refractivity contribution < 1.29 is 19.4 Å². The van der Waals surface area contributed by atoms with Crippen LogP contribution in [0, 0.1) is 19.3 Å². The highest BCUT2D eigenvalue weighted by Gasteiger charge is 2.29. The van der Waals surface area contributed by atoms with E-state index in [4.69, 9.17) is 24.5 Å². The fourth-order valence-electron chi connectivity index (χ4n) is 5.36. The number of benzene rings is 1. The molecule has 0 unspecified atom stereocenters. The Morgan fingerprint density at radius 1 is 0.918 bits per heavy atom. The highest BCUT2D eigenvalue weighted by atomic mass is 16.5. The van der Waals surface area contributed by atoms with Crippen molar-refractivity contribution in [1.29, 1.82) is 0 Å². The lowest BCUT2D eigenvalue weighted by molar-refractivity contribution is -0.118. The molecule has 1 aliphatic heterocycles. The van der Waals surface area contributed by atoms with E-state index < -0.39 is 5.60 Å². The molecule has 7 heteroatoms. The summed E-state index contributed by atoms with van der Waals surface area (Å²) in [4.78, 5) is 24.7. The first-order chi connectivity index (χ1) is 23.2. The maximum atomic E-state index is 12.8. The molecule has 0 atom stereocenters. The summed E-state index contributed by atoms with van der Waals surface area (Å²) in [5.74, 6) is 1.88. The average molecular weight is 678 g/mol. The van der Waals surface area contributed by atoms with Crippen molar-refractivity contribution in [2.24, 2.45) is 5.41 Å². The number of nitrogens with zero attached hydrogens (tertiary/aromatic N) is 3. The zero-order valence-electron chi connectivity index (χ0n) is 33.1. The van der Waals surface area contributed by atoms with Gasteiger partial charge < -0.3 is 19.5 Å². The van der Waals surface area contributed by atoms with Gasteiger partial charge in [-0.1, -0.05) is 73.1 Å². The normalized spacial score (nSPS) is 13.5. The summed E-state index contributed by atoms with van der Waals surface area (Å²) in [6.07, 6.45) is 8.71. The van der Waals surface area contributed by atoms with Crippen LogP contribution in [0.25, 0.3) is 11.3 Å². The van der Waals surface area contributed by atoms with Crippen molar-refractivity contribution in [3.8, 4) is 22.8 Å². The zero-order valence-corrected chi connectivity index (χ0v) is 33.1. The highest BCUT2D eigenvalue weighted by molar-refractivity contribution is 5.87. The minimum atomic E-state index is -0.500. The molecule has 1 aromatic carbocycles. The molecule has 0 spiro atoms. The number of aliphatic hydroxyl groups is 1. The van der Waals surface area contributed by atoms with E-state index in [1.54, 1.807) is 27.0 Å². The van der Waals surface area contributed by atoms with Gasteiger partial charge in [-0.15, -0.1) is 0 Å². The first kappa shape index (κ1) is 43.6.